The van der Waals surface area contributed by atoms with Crippen LogP contribution in [-0.4, -0.2) is 42.9 Å². The molecule has 35 heavy (non-hydrogen) atoms. The van der Waals surface area contributed by atoms with Gasteiger partial charge in [-0.25, -0.2) is 19.7 Å². The van der Waals surface area contributed by atoms with E-state index in [0.29, 0.717) is 34.7 Å². The van der Waals surface area contributed by atoms with Crippen LogP contribution in [0.15, 0.2) is 74.7 Å². The third-order valence-electron chi connectivity index (χ3n) is 4.89. The van der Waals surface area contributed by atoms with E-state index >= 15 is 0 Å². The van der Waals surface area contributed by atoms with Gasteiger partial charge in [0.25, 0.3) is 5.89 Å². The Kier molecular flexibility index (Phi) is 5.82. The van der Waals surface area contributed by atoms with Crippen molar-refractivity contribution in [1.29, 1.82) is 0 Å². The number of rotatable bonds is 6. The summed E-state index contributed by atoms with van der Waals surface area (Å²) in [6, 6.07) is 12.3. The fourth-order valence-corrected chi connectivity index (χ4v) is 3.34. The van der Waals surface area contributed by atoms with E-state index in [1.54, 1.807) is 24.5 Å². The molecule has 0 bridgehead atoms. The molecule has 0 radical (unpaired) electrons. The summed E-state index contributed by atoms with van der Waals surface area (Å²) < 4.78 is 11.0. The van der Waals surface area contributed by atoms with Crippen LogP contribution in [0.3, 0.4) is 0 Å². The van der Waals surface area contributed by atoms with Crippen molar-refractivity contribution in [2.75, 3.05) is 11.9 Å². The standard InChI is InChI=1S/C23H18N8O4/c1-2-25-22(32)27-18-9-16(21-30-28-19(34-21)13-6-4-3-5-7-13)17(12-26-18)14-8-15(11-24-10-14)20-29-31-23(33)35-20/h3-12H,2H2,1H3,(H,31,33)(H2,25,26,27,32). The van der Waals surface area contributed by atoms with Crippen LogP contribution >= 0.6 is 0 Å². The second-order valence-corrected chi connectivity index (χ2v) is 7.26. The fourth-order valence-electron chi connectivity index (χ4n) is 3.34. The van der Waals surface area contributed by atoms with Gasteiger partial charge in [-0.2, -0.15) is 0 Å². The lowest BCUT2D eigenvalue weighted by molar-refractivity contribution is 0.252. The van der Waals surface area contributed by atoms with Gasteiger partial charge in [-0.1, -0.05) is 18.2 Å². The summed E-state index contributed by atoms with van der Waals surface area (Å²) in [6.45, 7) is 2.27. The number of hydrogen-bond acceptors (Lipinski definition) is 9. The number of H-pyrrole nitrogens is 1. The average Bonchev–Trinajstić information content (AvgIpc) is 3.54. The van der Waals surface area contributed by atoms with Gasteiger partial charge in [0, 0.05) is 41.8 Å². The highest BCUT2D eigenvalue weighted by Gasteiger charge is 2.19. The summed E-state index contributed by atoms with van der Waals surface area (Å²) in [5, 5.41) is 19.8. The lowest BCUT2D eigenvalue weighted by Crippen LogP contribution is -2.28. The van der Waals surface area contributed by atoms with E-state index in [1.165, 1.54) is 6.20 Å². The summed E-state index contributed by atoms with van der Waals surface area (Å²) in [5.41, 5.74) is 2.98. The molecule has 0 aliphatic carbocycles. The zero-order chi connectivity index (χ0) is 24.2. The van der Waals surface area contributed by atoms with Gasteiger partial charge in [0.2, 0.25) is 11.8 Å². The summed E-state index contributed by atoms with van der Waals surface area (Å²) in [6.07, 6.45) is 4.69. The van der Waals surface area contributed by atoms with E-state index < -0.39 is 11.8 Å². The highest BCUT2D eigenvalue weighted by molar-refractivity contribution is 5.90. The fraction of sp³-hybridized carbons (Fsp3) is 0.0870. The molecular weight excluding hydrogens is 452 g/mol. The van der Waals surface area contributed by atoms with Crippen LogP contribution in [0.2, 0.25) is 0 Å². The van der Waals surface area contributed by atoms with Crippen molar-refractivity contribution in [1.82, 2.24) is 35.7 Å². The van der Waals surface area contributed by atoms with Crippen molar-refractivity contribution in [2.45, 2.75) is 6.92 Å². The van der Waals surface area contributed by atoms with Crippen LogP contribution in [0.1, 0.15) is 6.92 Å². The minimum Gasteiger partial charge on any atom is -0.416 e. The predicted molar refractivity (Wildman–Crippen MR) is 125 cm³/mol. The maximum Gasteiger partial charge on any atom is 0.434 e. The molecule has 2 amide bonds. The number of hydrogen-bond donors (Lipinski definition) is 3. The number of carbonyl (C=O) groups excluding carboxylic acids is 1. The molecule has 0 saturated heterocycles. The van der Waals surface area contributed by atoms with Crippen molar-refractivity contribution < 1.29 is 13.6 Å². The molecule has 1 aromatic carbocycles. The number of nitrogens with one attached hydrogen (secondary N) is 3. The Labute approximate surface area is 197 Å². The Hall–Kier alpha value is -5.13. The maximum absolute atomic E-state index is 12.0. The topological polar surface area (TPSA) is 165 Å². The van der Waals surface area contributed by atoms with Crippen molar-refractivity contribution in [3.8, 4) is 45.5 Å². The lowest BCUT2D eigenvalue weighted by Gasteiger charge is -2.10. The monoisotopic (exact) mass is 470 g/mol. The molecule has 4 aromatic heterocycles. The molecule has 0 atom stereocenters. The summed E-state index contributed by atoms with van der Waals surface area (Å²) in [4.78, 5) is 32.0. The number of benzene rings is 1. The lowest BCUT2D eigenvalue weighted by atomic mass is 10.0. The van der Waals surface area contributed by atoms with Crippen molar-refractivity contribution >= 4 is 11.8 Å². The molecule has 0 aliphatic rings. The number of aromatic nitrogens is 6. The van der Waals surface area contributed by atoms with Crippen LogP contribution in [-0.2, 0) is 0 Å². The molecule has 0 saturated carbocycles. The van der Waals surface area contributed by atoms with Crippen molar-refractivity contribution in [2.24, 2.45) is 0 Å². The third kappa shape index (κ3) is 4.66. The van der Waals surface area contributed by atoms with Gasteiger partial charge in [0.1, 0.15) is 5.82 Å². The van der Waals surface area contributed by atoms with Gasteiger partial charge in [-0.05, 0) is 31.2 Å². The first-order valence-corrected chi connectivity index (χ1v) is 10.6. The summed E-state index contributed by atoms with van der Waals surface area (Å²) >= 11 is 0. The first kappa shape index (κ1) is 21.7. The molecule has 5 rings (SSSR count). The first-order chi connectivity index (χ1) is 17.1. The van der Waals surface area contributed by atoms with Crippen LogP contribution in [0.5, 0.6) is 0 Å². The van der Waals surface area contributed by atoms with E-state index in [2.05, 4.69) is 41.0 Å². The highest BCUT2D eigenvalue weighted by Crippen LogP contribution is 2.34. The number of anilines is 1. The normalized spacial score (nSPS) is 10.8. The van der Waals surface area contributed by atoms with Crippen LogP contribution in [0.4, 0.5) is 10.6 Å². The molecule has 0 spiro atoms. The van der Waals surface area contributed by atoms with E-state index in [1.807, 2.05) is 37.3 Å². The second kappa shape index (κ2) is 9.39. The van der Waals surface area contributed by atoms with Crippen molar-refractivity contribution in [3.05, 3.63) is 71.6 Å². The zero-order valence-corrected chi connectivity index (χ0v) is 18.3. The minimum atomic E-state index is -0.673. The van der Waals surface area contributed by atoms with Gasteiger partial charge in [-0.15, -0.1) is 15.3 Å². The predicted octanol–water partition coefficient (Wildman–Crippen LogP) is 3.35. The third-order valence-corrected chi connectivity index (χ3v) is 4.89. The number of amides is 2. The number of nitrogens with zero attached hydrogens (tertiary/aromatic N) is 5. The molecule has 0 aliphatic heterocycles. The largest absolute Gasteiger partial charge is 0.434 e. The maximum atomic E-state index is 12.0. The van der Waals surface area contributed by atoms with E-state index in [4.69, 9.17) is 8.83 Å². The number of urea groups is 1. The zero-order valence-electron chi connectivity index (χ0n) is 18.3. The van der Waals surface area contributed by atoms with Crippen molar-refractivity contribution in [3.63, 3.8) is 0 Å². The summed E-state index contributed by atoms with van der Waals surface area (Å²) in [7, 11) is 0. The molecule has 3 N–H and O–H groups in total. The average molecular weight is 470 g/mol. The minimum absolute atomic E-state index is 0.0949. The van der Waals surface area contributed by atoms with Gasteiger partial charge < -0.3 is 14.2 Å². The Morgan fingerprint density at radius 1 is 0.914 bits per heavy atom. The Morgan fingerprint density at radius 2 is 1.71 bits per heavy atom. The quantitative estimate of drug-likeness (QED) is 0.337. The molecule has 174 valence electrons. The second-order valence-electron chi connectivity index (χ2n) is 7.26. The summed E-state index contributed by atoms with van der Waals surface area (Å²) in [5.74, 6) is 0.269. The smallest absolute Gasteiger partial charge is 0.416 e. The highest BCUT2D eigenvalue weighted by atomic mass is 16.4. The van der Waals surface area contributed by atoms with Gasteiger partial charge in [-0.3, -0.25) is 10.3 Å². The van der Waals surface area contributed by atoms with Crippen LogP contribution < -0.4 is 16.4 Å². The van der Waals surface area contributed by atoms with E-state index in [0.717, 1.165) is 5.56 Å². The molecule has 12 nitrogen and oxygen atoms in total. The van der Waals surface area contributed by atoms with E-state index in [-0.39, 0.29) is 17.6 Å². The van der Waals surface area contributed by atoms with Gasteiger partial charge in [0.15, 0.2) is 0 Å². The van der Waals surface area contributed by atoms with E-state index in [9.17, 15) is 9.59 Å². The Balaban J connectivity index is 1.59. The first-order valence-electron chi connectivity index (χ1n) is 10.6. The van der Waals surface area contributed by atoms with Crippen LogP contribution in [0.25, 0.3) is 45.5 Å². The molecular formula is C23H18N8O4. The number of aromatic amines is 1. The molecule has 12 heteroatoms. The molecule has 5 aromatic rings. The van der Waals surface area contributed by atoms with Gasteiger partial charge >= 0.3 is 11.8 Å². The number of carbonyl (C=O) groups is 1. The SMILES string of the molecule is CCNC(=O)Nc1cc(-c2nnc(-c3ccccc3)o2)c(-c2cncc(-c3n[nH]c(=O)o3)c2)cn1. The Bertz CT molecular complexity index is 1540. The molecule has 4 heterocycles. The Morgan fingerprint density at radius 3 is 2.49 bits per heavy atom. The molecule has 0 fully saturated rings. The van der Waals surface area contributed by atoms with Gasteiger partial charge in [0.05, 0.1) is 11.1 Å². The molecule has 0 unspecified atom stereocenters. The van der Waals surface area contributed by atoms with Crippen LogP contribution in [0, 0.1) is 0 Å². The number of pyridine rings is 2.